The van der Waals surface area contributed by atoms with E-state index in [1.165, 1.54) is 18.3 Å². The fourth-order valence-electron chi connectivity index (χ4n) is 4.58. The summed E-state index contributed by atoms with van der Waals surface area (Å²) in [5.41, 5.74) is 14.5. The minimum Gasteiger partial charge on any atom is -0.390 e. The van der Waals surface area contributed by atoms with Gasteiger partial charge in [0.15, 0.2) is 0 Å². The molecule has 2 saturated heterocycles. The molecule has 1 aromatic carbocycles. The van der Waals surface area contributed by atoms with Gasteiger partial charge in [0.05, 0.1) is 18.6 Å². The monoisotopic (exact) mass is 435 g/mol. The molecule has 0 spiro atoms. The number of pyridine rings is 1. The van der Waals surface area contributed by atoms with Gasteiger partial charge in [-0.3, -0.25) is 14.7 Å². The third kappa shape index (κ3) is 4.92. The maximum Gasteiger partial charge on any atom is 0.264 e. The first-order valence-corrected chi connectivity index (χ1v) is 11.4. The topological polar surface area (TPSA) is 114 Å². The summed E-state index contributed by atoms with van der Waals surface area (Å²) < 4.78 is 1.65. The SMILES string of the molecule is CCCCN=C(N)c1c(N=CN)ccn(Cc2ccc(CN3CC4CC3CN4)cc2)c1=O. The summed E-state index contributed by atoms with van der Waals surface area (Å²) in [5, 5.41) is 3.54. The van der Waals surface area contributed by atoms with Crippen LogP contribution in [0.4, 0.5) is 5.69 Å². The van der Waals surface area contributed by atoms with Crippen molar-refractivity contribution in [1.82, 2.24) is 14.8 Å². The van der Waals surface area contributed by atoms with Crippen molar-refractivity contribution in [3.05, 3.63) is 63.6 Å². The van der Waals surface area contributed by atoms with E-state index in [0.29, 0.717) is 36.4 Å². The summed E-state index contributed by atoms with van der Waals surface area (Å²) >= 11 is 0. The highest BCUT2D eigenvalue weighted by atomic mass is 16.1. The number of hydrogen-bond acceptors (Lipinski definition) is 5. The molecule has 8 heteroatoms. The van der Waals surface area contributed by atoms with Crippen LogP contribution in [0.25, 0.3) is 0 Å². The van der Waals surface area contributed by atoms with Crippen LogP contribution in [0, 0.1) is 0 Å². The predicted octanol–water partition coefficient (Wildman–Crippen LogP) is 1.57. The minimum absolute atomic E-state index is 0.211. The molecule has 0 radical (unpaired) electrons. The Hall–Kier alpha value is -2.97. The molecule has 8 nitrogen and oxygen atoms in total. The lowest BCUT2D eigenvalue weighted by molar-refractivity contribution is 0.218. The predicted molar refractivity (Wildman–Crippen MR) is 130 cm³/mol. The van der Waals surface area contributed by atoms with Gasteiger partial charge in [-0.05, 0) is 30.0 Å². The molecule has 2 aliphatic heterocycles. The molecule has 32 heavy (non-hydrogen) atoms. The molecule has 2 fully saturated rings. The van der Waals surface area contributed by atoms with Gasteiger partial charge >= 0.3 is 0 Å². The van der Waals surface area contributed by atoms with Gasteiger partial charge in [-0.2, -0.15) is 0 Å². The molecule has 3 heterocycles. The van der Waals surface area contributed by atoms with Crippen molar-refractivity contribution in [3.8, 4) is 0 Å². The van der Waals surface area contributed by atoms with E-state index < -0.39 is 0 Å². The molecule has 1 aromatic heterocycles. The first kappa shape index (κ1) is 22.2. The molecule has 0 amide bonds. The van der Waals surface area contributed by atoms with E-state index in [4.69, 9.17) is 11.5 Å². The van der Waals surface area contributed by atoms with Gasteiger partial charge in [-0.1, -0.05) is 37.6 Å². The number of aromatic nitrogens is 1. The van der Waals surface area contributed by atoms with Crippen LogP contribution in [0.1, 0.15) is 42.9 Å². The van der Waals surface area contributed by atoms with Crippen LogP contribution in [-0.4, -0.2) is 53.4 Å². The van der Waals surface area contributed by atoms with Gasteiger partial charge in [-0.25, -0.2) is 4.99 Å². The minimum atomic E-state index is -0.212. The van der Waals surface area contributed by atoms with Crippen molar-refractivity contribution in [1.29, 1.82) is 0 Å². The number of nitrogens with one attached hydrogen (secondary N) is 1. The summed E-state index contributed by atoms with van der Waals surface area (Å²) in [6, 6.07) is 11.6. The molecular formula is C24H33N7O. The van der Waals surface area contributed by atoms with E-state index in [0.717, 1.165) is 38.0 Å². The highest BCUT2D eigenvalue weighted by Gasteiger charge is 2.37. The Morgan fingerprint density at radius 1 is 1.22 bits per heavy atom. The van der Waals surface area contributed by atoms with Crippen molar-refractivity contribution in [2.45, 2.75) is 51.4 Å². The van der Waals surface area contributed by atoms with Crippen LogP contribution in [0.2, 0.25) is 0 Å². The Kier molecular flexibility index (Phi) is 7.02. The zero-order valence-corrected chi connectivity index (χ0v) is 18.7. The second-order valence-electron chi connectivity index (χ2n) is 8.65. The smallest absolute Gasteiger partial charge is 0.264 e. The van der Waals surface area contributed by atoms with Crippen molar-refractivity contribution in [2.75, 3.05) is 19.6 Å². The van der Waals surface area contributed by atoms with E-state index in [1.54, 1.807) is 16.8 Å². The lowest BCUT2D eigenvalue weighted by Crippen LogP contribution is -2.42. The van der Waals surface area contributed by atoms with E-state index in [1.807, 2.05) is 0 Å². The number of aliphatic imine (C=N–C) groups is 2. The van der Waals surface area contributed by atoms with Crippen LogP contribution < -0.4 is 22.3 Å². The van der Waals surface area contributed by atoms with Gasteiger partial charge < -0.3 is 21.4 Å². The number of hydrogen-bond donors (Lipinski definition) is 3. The molecule has 2 atom stereocenters. The van der Waals surface area contributed by atoms with Crippen LogP contribution in [0.15, 0.2) is 51.3 Å². The van der Waals surface area contributed by atoms with Gasteiger partial charge in [-0.15, -0.1) is 0 Å². The summed E-state index contributed by atoms with van der Waals surface area (Å²) in [6.45, 7) is 6.33. The van der Waals surface area contributed by atoms with E-state index >= 15 is 0 Å². The molecule has 5 N–H and O–H groups in total. The first-order chi connectivity index (χ1) is 15.6. The van der Waals surface area contributed by atoms with Crippen molar-refractivity contribution in [2.24, 2.45) is 21.5 Å². The zero-order chi connectivity index (χ0) is 22.5. The van der Waals surface area contributed by atoms with Crippen LogP contribution in [0.5, 0.6) is 0 Å². The average Bonchev–Trinajstić information content (AvgIpc) is 3.41. The van der Waals surface area contributed by atoms with Gasteiger partial charge in [0.1, 0.15) is 11.4 Å². The molecule has 2 aromatic rings. The summed E-state index contributed by atoms with van der Waals surface area (Å²) in [4.78, 5) is 24.2. The van der Waals surface area contributed by atoms with Crippen LogP contribution >= 0.6 is 0 Å². The summed E-state index contributed by atoms with van der Waals surface area (Å²) in [5.74, 6) is 0.211. The fraction of sp³-hybridized carbons (Fsp3) is 0.458. The van der Waals surface area contributed by atoms with Gasteiger partial charge in [0.25, 0.3) is 5.56 Å². The second kappa shape index (κ2) is 10.1. The number of piperazine rings is 1. The molecule has 0 saturated carbocycles. The molecule has 2 unspecified atom stereocenters. The molecule has 4 rings (SSSR count). The van der Waals surface area contributed by atoms with E-state index in [-0.39, 0.29) is 11.4 Å². The van der Waals surface area contributed by atoms with E-state index in [2.05, 4.69) is 51.4 Å². The highest BCUT2D eigenvalue weighted by Crippen LogP contribution is 2.25. The number of benzene rings is 1. The van der Waals surface area contributed by atoms with Crippen LogP contribution in [-0.2, 0) is 13.1 Å². The fourth-order valence-corrected chi connectivity index (χ4v) is 4.58. The maximum absolute atomic E-state index is 13.2. The molecule has 170 valence electrons. The van der Waals surface area contributed by atoms with Crippen LogP contribution in [0.3, 0.4) is 0 Å². The van der Waals surface area contributed by atoms with Gasteiger partial charge in [0.2, 0.25) is 0 Å². The first-order valence-electron chi connectivity index (χ1n) is 11.4. The normalized spacial score (nSPS) is 21.1. The largest absolute Gasteiger partial charge is 0.390 e. The zero-order valence-electron chi connectivity index (χ0n) is 18.7. The number of likely N-dealkylation sites (tertiary alicyclic amines) is 1. The van der Waals surface area contributed by atoms with Gasteiger partial charge in [0, 0.05) is 44.5 Å². The van der Waals surface area contributed by atoms with Crippen molar-refractivity contribution < 1.29 is 0 Å². The number of nitrogens with two attached hydrogens (primary N) is 2. The lowest BCUT2D eigenvalue weighted by Gasteiger charge is -2.27. The standard InChI is InChI=1S/C24H33N7O/c1-2-3-9-27-23(26)22-21(29-16-25)8-10-30(24(22)32)13-17-4-6-18(7-5-17)14-31-15-19-11-20(31)12-28-19/h4-8,10,16,19-20,28H,2-3,9,11-15H2,1H3,(H2,25,29)(H2,26,27). The third-order valence-corrected chi connectivity index (χ3v) is 6.34. The number of rotatable bonds is 9. The number of unbranched alkanes of at least 4 members (excludes halogenated alkanes) is 1. The summed E-state index contributed by atoms with van der Waals surface area (Å²) in [6.07, 6.45) is 6.09. The average molecular weight is 436 g/mol. The van der Waals surface area contributed by atoms with E-state index in [9.17, 15) is 4.79 Å². The van der Waals surface area contributed by atoms with Crippen molar-refractivity contribution in [3.63, 3.8) is 0 Å². The maximum atomic E-state index is 13.2. The molecule has 2 bridgehead atoms. The summed E-state index contributed by atoms with van der Waals surface area (Å²) in [7, 11) is 0. The Morgan fingerprint density at radius 3 is 2.59 bits per heavy atom. The third-order valence-electron chi connectivity index (χ3n) is 6.34. The highest BCUT2D eigenvalue weighted by molar-refractivity contribution is 6.01. The van der Waals surface area contributed by atoms with Crippen molar-refractivity contribution >= 4 is 17.9 Å². The number of fused-ring (bicyclic) bond motifs is 2. The molecule has 2 aliphatic rings. The Bertz CT molecular complexity index is 1040. The Balaban J connectivity index is 1.50. The lowest BCUT2D eigenvalue weighted by atomic mass is 10.1. The number of nitrogens with zero attached hydrogens (tertiary/aromatic N) is 4. The number of amidine groups is 1. The molecule has 0 aliphatic carbocycles. The Labute approximate surface area is 189 Å². The quantitative estimate of drug-likeness (QED) is 0.314. The molecular weight excluding hydrogens is 402 g/mol. The Morgan fingerprint density at radius 2 is 1.97 bits per heavy atom. The second-order valence-corrected chi connectivity index (χ2v) is 8.65.